The number of nitrogens with zero attached hydrogens (tertiary/aromatic N) is 4. The van der Waals surface area contributed by atoms with Crippen molar-refractivity contribution in [2.24, 2.45) is 7.05 Å². The van der Waals surface area contributed by atoms with Crippen molar-refractivity contribution in [3.63, 3.8) is 0 Å². The topological polar surface area (TPSA) is 113 Å². The molecule has 0 saturated heterocycles. The Hall–Kier alpha value is -4.14. The van der Waals surface area contributed by atoms with Crippen LogP contribution in [-0.4, -0.2) is 48.2 Å². The van der Waals surface area contributed by atoms with E-state index in [1.54, 1.807) is 16.9 Å². The predicted octanol–water partition coefficient (Wildman–Crippen LogP) is 4.67. The van der Waals surface area contributed by atoms with Crippen molar-refractivity contribution in [3.05, 3.63) is 64.7 Å². The molecule has 0 bridgehead atoms. The number of benzene rings is 2. The Bertz CT molecular complexity index is 1430. The monoisotopic (exact) mass is 475 g/mol. The van der Waals surface area contributed by atoms with Crippen molar-refractivity contribution < 1.29 is 14.6 Å². The molecule has 182 valence electrons. The first kappa shape index (κ1) is 24.0. The number of nitrogens with one attached hydrogen (secondary N) is 1. The van der Waals surface area contributed by atoms with Crippen LogP contribution in [0.15, 0.2) is 53.5 Å². The number of hydrogen-bond acceptors (Lipinski definition) is 5. The van der Waals surface area contributed by atoms with Crippen LogP contribution in [-0.2, 0) is 13.6 Å². The normalized spacial score (nSPS) is 11.6. The molecule has 2 aromatic carbocycles. The van der Waals surface area contributed by atoms with Gasteiger partial charge in [0.1, 0.15) is 5.75 Å². The number of amides is 1. The van der Waals surface area contributed by atoms with Gasteiger partial charge >= 0.3 is 6.09 Å². The molecule has 1 amide bonds. The summed E-state index contributed by atoms with van der Waals surface area (Å²) in [5.74, 6) is 0.794. The van der Waals surface area contributed by atoms with Gasteiger partial charge in [0.15, 0.2) is 0 Å². The molecule has 9 heteroatoms. The first-order chi connectivity index (χ1) is 16.6. The second kappa shape index (κ2) is 9.25. The molecule has 0 atom stereocenters. The lowest BCUT2D eigenvalue weighted by Gasteiger charge is -2.33. The van der Waals surface area contributed by atoms with E-state index in [0.717, 1.165) is 28.1 Å². The number of hydrogen-bond donors (Lipinski definition) is 2. The lowest BCUT2D eigenvalue weighted by atomic mass is 9.98. The first-order valence-electron chi connectivity index (χ1n) is 11.4. The van der Waals surface area contributed by atoms with Gasteiger partial charge in [-0.15, -0.1) is 0 Å². The summed E-state index contributed by atoms with van der Waals surface area (Å²) < 4.78 is 7.36. The summed E-state index contributed by atoms with van der Waals surface area (Å²) in [6, 6.07) is 13.3. The van der Waals surface area contributed by atoms with Crippen LogP contribution in [0, 0.1) is 0 Å². The van der Waals surface area contributed by atoms with Crippen LogP contribution in [0.4, 0.5) is 4.79 Å². The number of ether oxygens (including phenoxy) is 1. The maximum atomic E-state index is 12.5. The number of fused-ring (bicyclic) bond motifs is 1. The van der Waals surface area contributed by atoms with Crippen molar-refractivity contribution in [3.8, 4) is 28.1 Å². The number of aryl methyl sites for hydroxylation is 1. The van der Waals surface area contributed by atoms with Crippen molar-refractivity contribution in [2.75, 3.05) is 6.61 Å². The van der Waals surface area contributed by atoms with Gasteiger partial charge in [-0.2, -0.15) is 10.2 Å². The molecule has 4 aromatic rings. The molecule has 2 heterocycles. The fourth-order valence-electron chi connectivity index (χ4n) is 4.12. The quantitative estimate of drug-likeness (QED) is 0.419. The van der Waals surface area contributed by atoms with Gasteiger partial charge in [-0.3, -0.25) is 14.4 Å². The molecule has 0 fully saturated rings. The van der Waals surface area contributed by atoms with E-state index in [1.165, 1.54) is 4.90 Å². The molecule has 0 aliphatic heterocycles. The standard InChI is InChI=1S/C26H29N5O4/c1-6-35-18-10-7-16(8-11-18)23-21(14-27-30(23)5)17-9-12-19-20(13-17)22(28-29-24(19)32)15-31(25(33)34)26(2,3)4/h7-14H,6,15H2,1-5H3,(H,29,32)(H,33,34). The summed E-state index contributed by atoms with van der Waals surface area (Å²) in [6.07, 6.45) is 0.728. The van der Waals surface area contributed by atoms with Crippen molar-refractivity contribution in [1.29, 1.82) is 0 Å². The maximum Gasteiger partial charge on any atom is 0.408 e. The molecular weight excluding hydrogens is 446 g/mol. The molecule has 0 unspecified atom stereocenters. The van der Waals surface area contributed by atoms with E-state index in [0.29, 0.717) is 23.1 Å². The molecule has 2 aromatic heterocycles. The van der Waals surface area contributed by atoms with Gasteiger partial charge < -0.3 is 9.84 Å². The summed E-state index contributed by atoms with van der Waals surface area (Å²) in [5.41, 5.74) is 3.12. The van der Waals surface area contributed by atoms with E-state index < -0.39 is 11.6 Å². The third kappa shape index (κ3) is 4.75. The summed E-state index contributed by atoms with van der Waals surface area (Å²) in [5, 5.41) is 22.0. The van der Waals surface area contributed by atoms with Crippen LogP contribution in [0.3, 0.4) is 0 Å². The van der Waals surface area contributed by atoms with E-state index >= 15 is 0 Å². The number of rotatable bonds is 6. The highest BCUT2D eigenvalue weighted by atomic mass is 16.5. The molecule has 2 N–H and O–H groups in total. The second-order valence-corrected chi connectivity index (χ2v) is 9.29. The lowest BCUT2D eigenvalue weighted by Crippen LogP contribution is -2.44. The van der Waals surface area contributed by atoms with Crippen molar-refractivity contribution in [1.82, 2.24) is 24.9 Å². The highest BCUT2D eigenvalue weighted by molar-refractivity contribution is 5.91. The average molecular weight is 476 g/mol. The van der Waals surface area contributed by atoms with Crippen molar-refractivity contribution >= 4 is 16.9 Å². The minimum atomic E-state index is -1.06. The van der Waals surface area contributed by atoms with Crippen LogP contribution >= 0.6 is 0 Å². The zero-order chi connectivity index (χ0) is 25.3. The van der Waals surface area contributed by atoms with Gasteiger partial charge in [0.05, 0.1) is 36.1 Å². The summed E-state index contributed by atoms with van der Waals surface area (Å²) >= 11 is 0. The van der Waals surface area contributed by atoms with E-state index in [1.807, 2.05) is 71.1 Å². The summed E-state index contributed by atoms with van der Waals surface area (Å²) in [6.45, 7) is 8.03. The second-order valence-electron chi connectivity index (χ2n) is 9.29. The van der Waals surface area contributed by atoms with Crippen LogP contribution < -0.4 is 10.3 Å². The Kier molecular flexibility index (Phi) is 6.34. The Morgan fingerprint density at radius 1 is 1.11 bits per heavy atom. The first-order valence-corrected chi connectivity index (χ1v) is 11.4. The van der Waals surface area contributed by atoms with Crippen LogP contribution in [0.2, 0.25) is 0 Å². The minimum Gasteiger partial charge on any atom is -0.494 e. The van der Waals surface area contributed by atoms with Gasteiger partial charge in [0.25, 0.3) is 5.56 Å². The number of carboxylic acid groups (broad SMARTS) is 1. The highest BCUT2D eigenvalue weighted by Gasteiger charge is 2.27. The summed E-state index contributed by atoms with van der Waals surface area (Å²) in [7, 11) is 1.88. The largest absolute Gasteiger partial charge is 0.494 e. The molecule has 0 aliphatic rings. The average Bonchev–Trinajstić information content (AvgIpc) is 3.19. The van der Waals surface area contributed by atoms with E-state index in [9.17, 15) is 14.7 Å². The Morgan fingerprint density at radius 2 is 1.80 bits per heavy atom. The molecule has 0 aliphatic carbocycles. The van der Waals surface area contributed by atoms with E-state index in [2.05, 4.69) is 15.3 Å². The third-order valence-electron chi connectivity index (χ3n) is 5.90. The van der Waals surface area contributed by atoms with Crippen molar-refractivity contribution in [2.45, 2.75) is 39.8 Å². The summed E-state index contributed by atoms with van der Waals surface area (Å²) in [4.78, 5) is 25.7. The molecule has 0 radical (unpaired) electrons. The maximum absolute atomic E-state index is 12.5. The van der Waals surface area contributed by atoms with Gasteiger partial charge in [0.2, 0.25) is 0 Å². The Balaban J connectivity index is 1.83. The number of aromatic nitrogens is 4. The third-order valence-corrected chi connectivity index (χ3v) is 5.90. The van der Waals surface area contributed by atoms with Gasteiger partial charge in [0, 0.05) is 29.1 Å². The minimum absolute atomic E-state index is 0.0361. The molecule has 9 nitrogen and oxygen atoms in total. The van der Waals surface area contributed by atoms with Crippen LogP contribution in [0.25, 0.3) is 33.2 Å². The molecule has 0 saturated carbocycles. The fourth-order valence-corrected chi connectivity index (χ4v) is 4.12. The van der Waals surface area contributed by atoms with Gasteiger partial charge in [-0.25, -0.2) is 9.89 Å². The zero-order valence-electron chi connectivity index (χ0n) is 20.5. The van der Waals surface area contributed by atoms with E-state index in [4.69, 9.17) is 4.74 Å². The lowest BCUT2D eigenvalue weighted by molar-refractivity contribution is 0.0948. The molecule has 0 spiro atoms. The fraction of sp³-hybridized carbons (Fsp3) is 0.308. The predicted molar refractivity (Wildman–Crippen MR) is 134 cm³/mol. The number of carbonyl (C=O) groups is 1. The Labute approximate surface area is 203 Å². The number of H-pyrrole nitrogens is 1. The molecule has 35 heavy (non-hydrogen) atoms. The van der Waals surface area contributed by atoms with Crippen LogP contribution in [0.5, 0.6) is 5.75 Å². The van der Waals surface area contributed by atoms with Gasteiger partial charge in [-0.1, -0.05) is 6.07 Å². The van der Waals surface area contributed by atoms with Crippen LogP contribution in [0.1, 0.15) is 33.4 Å². The van der Waals surface area contributed by atoms with E-state index in [-0.39, 0.29) is 12.1 Å². The van der Waals surface area contributed by atoms with Gasteiger partial charge in [-0.05, 0) is 69.7 Å². The Morgan fingerprint density at radius 3 is 2.43 bits per heavy atom. The highest BCUT2D eigenvalue weighted by Crippen LogP contribution is 2.34. The molecule has 4 rings (SSSR count). The SMILES string of the molecule is CCOc1ccc(-c2c(-c3ccc4c(=O)[nH]nc(CN(C(=O)O)C(C)(C)C)c4c3)cnn2C)cc1. The smallest absolute Gasteiger partial charge is 0.408 e. The zero-order valence-corrected chi connectivity index (χ0v) is 20.5. The molecular formula is C26H29N5O4. The number of aromatic amines is 1.